The van der Waals surface area contributed by atoms with Gasteiger partial charge in [-0.2, -0.15) is 11.1 Å². The summed E-state index contributed by atoms with van der Waals surface area (Å²) in [6.07, 6.45) is 18.9. The van der Waals surface area contributed by atoms with E-state index in [2.05, 4.69) is 73.7 Å². The SMILES string of the molecule is C1=Cc2cc3ccc(cc4ccc(cc5nc(cc1n2)C=C5)[nH]4)[nH]3.CCCCCCCCCCNNNN.I.I. The zero-order valence-electron chi connectivity index (χ0n) is 23.1. The predicted molar refractivity (Wildman–Crippen MR) is 191 cm³/mol. The van der Waals surface area contributed by atoms with E-state index in [9.17, 15) is 0 Å². The molecule has 2 aliphatic rings. The van der Waals surface area contributed by atoms with E-state index in [1.807, 2.05) is 42.5 Å². The van der Waals surface area contributed by atoms with Crippen LogP contribution in [-0.4, -0.2) is 26.5 Å². The van der Waals surface area contributed by atoms with Gasteiger partial charge in [-0.1, -0.05) is 51.9 Å². The molecule has 216 valence electrons. The molecule has 0 radical (unpaired) electrons. The fourth-order valence-corrected chi connectivity index (χ4v) is 4.40. The number of hydrogen-bond acceptors (Lipinski definition) is 6. The molecule has 0 aromatic carbocycles. The predicted octanol–water partition coefficient (Wildman–Crippen LogP) is 7.49. The second-order valence-electron chi connectivity index (χ2n) is 9.58. The second kappa shape index (κ2) is 19.1. The van der Waals surface area contributed by atoms with Crippen molar-refractivity contribution in [1.82, 2.24) is 36.4 Å². The Hall–Kier alpha value is -2.10. The number of hydrogen-bond donors (Lipinski definition) is 6. The fraction of sp³-hybridized carbons (Fsp3) is 0.333. The molecule has 0 atom stereocenters. The number of hydrazine groups is 3. The minimum atomic E-state index is 0. The fourth-order valence-electron chi connectivity index (χ4n) is 4.40. The number of fused-ring (bicyclic) bond motifs is 8. The number of nitrogens with two attached hydrogens (primary N) is 1. The van der Waals surface area contributed by atoms with Crippen molar-refractivity contribution >= 4 is 94.3 Å². The third kappa shape index (κ3) is 11.8. The van der Waals surface area contributed by atoms with Crippen LogP contribution in [0.15, 0.2) is 48.5 Å². The van der Waals surface area contributed by atoms with E-state index in [1.165, 1.54) is 51.4 Å². The van der Waals surface area contributed by atoms with Gasteiger partial charge < -0.3 is 9.97 Å². The normalized spacial score (nSPS) is 11.3. The Morgan fingerprint density at radius 3 is 1.50 bits per heavy atom. The molecule has 5 rings (SSSR count). The van der Waals surface area contributed by atoms with Crippen molar-refractivity contribution in [1.29, 1.82) is 0 Å². The number of halogens is 2. The number of unbranched alkanes of at least 4 members (excludes halogenated alkanes) is 7. The minimum absolute atomic E-state index is 0. The highest BCUT2D eigenvalue weighted by molar-refractivity contribution is 14.0. The van der Waals surface area contributed by atoms with Gasteiger partial charge in [0.15, 0.2) is 0 Å². The Kier molecular flexibility index (Phi) is 16.3. The number of rotatable bonds is 11. The molecule has 3 aromatic heterocycles. The van der Waals surface area contributed by atoms with E-state index in [1.54, 1.807) is 0 Å². The molecule has 8 bridgehead atoms. The Balaban J connectivity index is 0.000000307. The maximum atomic E-state index is 5.01. The molecule has 0 saturated carbocycles. The molecule has 5 heterocycles. The molecule has 3 aromatic rings. The van der Waals surface area contributed by atoms with Crippen LogP contribution in [0, 0.1) is 0 Å². The average Bonchev–Trinajstić information content (AvgIpc) is 3.72. The maximum Gasteiger partial charge on any atom is 0.0659 e. The lowest BCUT2D eigenvalue weighted by Gasteiger charge is -2.04. The molecular formula is C30H42I2N8. The van der Waals surface area contributed by atoms with Crippen LogP contribution in [0.3, 0.4) is 0 Å². The summed E-state index contributed by atoms with van der Waals surface area (Å²) in [5.74, 6) is 5.01. The molecule has 0 saturated heterocycles. The Morgan fingerprint density at radius 1 is 0.600 bits per heavy atom. The van der Waals surface area contributed by atoms with Gasteiger partial charge in [-0.3, -0.25) is 5.84 Å². The van der Waals surface area contributed by atoms with Gasteiger partial charge in [0.25, 0.3) is 0 Å². The number of H-pyrrole nitrogens is 2. The second-order valence-corrected chi connectivity index (χ2v) is 9.58. The van der Waals surface area contributed by atoms with E-state index >= 15 is 0 Å². The molecule has 0 spiro atoms. The molecule has 0 fully saturated rings. The molecule has 0 amide bonds. The van der Waals surface area contributed by atoms with Crippen LogP contribution in [0.1, 0.15) is 81.1 Å². The smallest absolute Gasteiger partial charge is 0.0659 e. The van der Waals surface area contributed by atoms with Gasteiger partial charge in [0, 0.05) is 28.6 Å². The van der Waals surface area contributed by atoms with Crippen molar-refractivity contribution in [2.24, 2.45) is 5.84 Å². The van der Waals surface area contributed by atoms with Crippen LogP contribution in [0.5, 0.6) is 0 Å². The van der Waals surface area contributed by atoms with Gasteiger partial charge >= 0.3 is 0 Å². The highest BCUT2D eigenvalue weighted by Crippen LogP contribution is 2.17. The zero-order chi connectivity index (χ0) is 26.4. The van der Waals surface area contributed by atoms with Crippen LogP contribution in [-0.2, 0) is 0 Å². The van der Waals surface area contributed by atoms with Crippen LogP contribution in [0.4, 0.5) is 0 Å². The number of aromatic nitrogens is 4. The third-order valence-electron chi connectivity index (χ3n) is 6.36. The zero-order valence-corrected chi connectivity index (χ0v) is 27.7. The van der Waals surface area contributed by atoms with Crippen LogP contribution < -0.4 is 22.3 Å². The van der Waals surface area contributed by atoms with Crippen molar-refractivity contribution in [2.45, 2.75) is 58.3 Å². The minimum Gasteiger partial charge on any atom is -0.355 e. The largest absolute Gasteiger partial charge is 0.355 e. The Morgan fingerprint density at radius 2 is 1.02 bits per heavy atom. The van der Waals surface area contributed by atoms with E-state index < -0.39 is 0 Å². The third-order valence-corrected chi connectivity index (χ3v) is 6.36. The van der Waals surface area contributed by atoms with Crippen LogP contribution in [0.25, 0.3) is 46.4 Å². The molecule has 0 aliphatic carbocycles. The average molecular weight is 769 g/mol. The van der Waals surface area contributed by atoms with Crippen molar-refractivity contribution in [3.8, 4) is 0 Å². The van der Waals surface area contributed by atoms with Gasteiger partial charge in [-0.05, 0) is 79.3 Å². The first kappa shape index (κ1) is 34.1. The number of nitrogens with one attached hydrogen (secondary N) is 5. The van der Waals surface area contributed by atoms with E-state index in [-0.39, 0.29) is 48.0 Å². The summed E-state index contributed by atoms with van der Waals surface area (Å²) in [4.78, 5) is 16.0. The maximum absolute atomic E-state index is 5.01. The Bertz CT molecular complexity index is 1280. The van der Waals surface area contributed by atoms with Crippen molar-refractivity contribution < 1.29 is 0 Å². The van der Waals surface area contributed by atoms with Gasteiger partial charge in [-0.15, -0.1) is 48.0 Å². The van der Waals surface area contributed by atoms with Crippen molar-refractivity contribution in [3.05, 3.63) is 71.3 Å². The van der Waals surface area contributed by atoms with Gasteiger partial charge in [0.05, 0.1) is 22.8 Å². The van der Waals surface area contributed by atoms with Gasteiger partial charge in [-0.25, -0.2) is 15.4 Å². The lowest BCUT2D eigenvalue weighted by Crippen LogP contribution is -2.47. The Labute approximate surface area is 271 Å². The molecule has 10 heteroatoms. The van der Waals surface area contributed by atoms with Gasteiger partial charge in [0.2, 0.25) is 0 Å². The van der Waals surface area contributed by atoms with Gasteiger partial charge in [0.1, 0.15) is 0 Å². The summed E-state index contributed by atoms with van der Waals surface area (Å²) in [6.45, 7) is 3.23. The van der Waals surface area contributed by atoms with Crippen LogP contribution >= 0.6 is 48.0 Å². The highest BCUT2D eigenvalue weighted by atomic mass is 127. The number of aromatic amines is 2. The van der Waals surface area contributed by atoms with E-state index in [0.29, 0.717) is 0 Å². The molecular weight excluding hydrogens is 726 g/mol. The summed E-state index contributed by atoms with van der Waals surface area (Å²) < 4.78 is 0. The first-order valence-electron chi connectivity index (χ1n) is 13.7. The highest BCUT2D eigenvalue weighted by Gasteiger charge is 2.02. The molecule has 40 heavy (non-hydrogen) atoms. The first-order chi connectivity index (χ1) is 18.7. The molecule has 8 nitrogen and oxygen atoms in total. The van der Waals surface area contributed by atoms with Crippen molar-refractivity contribution in [2.75, 3.05) is 6.54 Å². The van der Waals surface area contributed by atoms with E-state index in [4.69, 9.17) is 5.84 Å². The quantitative estimate of drug-likeness (QED) is 0.0359. The lowest BCUT2D eigenvalue weighted by molar-refractivity contribution is 0.431. The lowest BCUT2D eigenvalue weighted by atomic mass is 10.1. The number of nitrogens with zero attached hydrogens (tertiary/aromatic N) is 2. The summed E-state index contributed by atoms with van der Waals surface area (Å²) in [7, 11) is 0. The summed E-state index contributed by atoms with van der Waals surface area (Å²) in [6, 6.07) is 16.4. The monoisotopic (exact) mass is 768 g/mol. The summed E-state index contributed by atoms with van der Waals surface area (Å²) in [5, 5.41) is 0. The topological polar surface area (TPSA) is 119 Å². The van der Waals surface area contributed by atoms with Crippen molar-refractivity contribution in [3.63, 3.8) is 0 Å². The molecule has 2 aliphatic heterocycles. The first-order valence-corrected chi connectivity index (χ1v) is 13.7. The standard InChI is InChI=1S/C20H14N4.C10H26N4.2HI/c1-2-14-10-16-5-6-18(23-16)12-20-8-7-19(24-20)11-17-4-3-15(22-17)9-13(1)21-14;1-2-3-4-5-6-7-8-9-10-12-14-13-11;;/h1-12,21-22H;12-14H,2-11H2,1H3;2*1H. The summed E-state index contributed by atoms with van der Waals surface area (Å²) >= 11 is 0. The van der Waals surface area contributed by atoms with Crippen LogP contribution in [0.2, 0.25) is 0 Å². The van der Waals surface area contributed by atoms with E-state index in [0.717, 1.165) is 51.4 Å². The molecule has 0 unspecified atom stereocenters. The summed E-state index contributed by atoms with van der Waals surface area (Å²) in [5.41, 5.74) is 15.8. The molecule has 7 N–H and O–H groups in total.